The molecule has 0 bridgehead atoms. The molecule has 2 N–H and O–H groups in total. The van der Waals surface area contributed by atoms with E-state index >= 15 is 0 Å². The number of hydrogen-bond acceptors (Lipinski definition) is 5. The Bertz CT molecular complexity index is 793. The van der Waals surface area contributed by atoms with Crippen LogP contribution in [0, 0.1) is 17.0 Å². The minimum absolute atomic E-state index is 0.0465. The summed E-state index contributed by atoms with van der Waals surface area (Å²) in [5.41, 5.74) is 4.46. The van der Waals surface area contributed by atoms with Crippen LogP contribution in [0.5, 0.6) is 0 Å². The molecule has 124 valence electrons. The molecule has 0 aliphatic rings. The molecule has 1 amide bonds. The summed E-state index contributed by atoms with van der Waals surface area (Å²) in [4.78, 5) is 22.0. The molecule has 0 aromatic heterocycles. The number of aryl methyl sites for hydroxylation is 1. The molecular formula is C16H15ClN4O3. The Morgan fingerprint density at radius 1 is 1.33 bits per heavy atom. The van der Waals surface area contributed by atoms with Gasteiger partial charge in [0, 0.05) is 28.4 Å². The number of carbonyl (C=O) groups is 1. The molecule has 0 aliphatic carbocycles. The van der Waals surface area contributed by atoms with Crippen molar-refractivity contribution in [1.82, 2.24) is 5.43 Å². The standard InChI is InChI=1S/C16H15ClN4O3/c1-11-4-2-3-5-15(11)18-10-16(22)20-19-9-12-8-13(21(23)24)6-7-14(12)17/h2-9,18H,10H2,1H3,(H,20,22). The second kappa shape index (κ2) is 8.07. The number of halogens is 1. The highest BCUT2D eigenvalue weighted by Gasteiger charge is 2.08. The molecule has 0 spiro atoms. The molecule has 0 unspecified atom stereocenters. The van der Waals surface area contributed by atoms with E-state index in [1.54, 1.807) is 0 Å². The van der Waals surface area contributed by atoms with Crippen LogP contribution in [0.15, 0.2) is 47.6 Å². The van der Waals surface area contributed by atoms with Gasteiger partial charge in [0.1, 0.15) is 0 Å². The van der Waals surface area contributed by atoms with E-state index in [0.717, 1.165) is 11.3 Å². The quantitative estimate of drug-likeness (QED) is 0.477. The minimum Gasteiger partial charge on any atom is -0.376 e. The fourth-order valence-electron chi connectivity index (χ4n) is 1.90. The van der Waals surface area contributed by atoms with Crippen molar-refractivity contribution >= 4 is 35.1 Å². The summed E-state index contributed by atoms with van der Waals surface area (Å²) >= 11 is 5.94. The van der Waals surface area contributed by atoms with Gasteiger partial charge in [-0.05, 0) is 24.6 Å². The summed E-state index contributed by atoms with van der Waals surface area (Å²) in [5, 5.41) is 17.8. The monoisotopic (exact) mass is 346 g/mol. The van der Waals surface area contributed by atoms with Crippen LogP contribution in [0.4, 0.5) is 11.4 Å². The number of nitro groups is 1. The molecule has 0 fully saturated rings. The highest BCUT2D eigenvalue weighted by molar-refractivity contribution is 6.33. The summed E-state index contributed by atoms with van der Waals surface area (Å²) in [6.45, 7) is 1.98. The molecule has 2 aromatic carbocycles. The van der Waals surface area contributed by atoms with Gasteiger partial charge in [-0.1, -0.05) is 29.8 Å². The van der Waals surface area contributed by atoms with E-state index in [9.17, 15) is 14.9 Å². The Kier molecular flexibility index (Phi) is 5.86. The van der Waals surface area contributed by atoms with E-state index in [1.807, 2.05) is 31.2 Å². The summed E-state index contributed by atoms with van der Waals surface area (Å²) in [6, 6.07) is 11.6. The zero-order chi connectivity index (χ0) is 17.5. The number of rotatable bonds is 6. The fourth-order valence-corrected chi connectivity index (χ4v) is 2.07. The maximum Gasteiger partial charge on any atom is 0.270 e. The lowest BCUT2D eigenvalue weighted by atomic mass is 10.2. The van der Waals surface area contributed by atoms with Crippen molar-refractivity contribution in [3.63, 3.8) is 0 Å². The lowest BCUT2D eigenvalue weighted by molar-refractivity contribution is -0.384. The van der Waals surface area contributed by atoms with E-state index in [1.165, 1.54) is 24.4 Å². The second-order valence-electron chi connectivity index (χ2n) is 4.92. The number of nitro benzene ring substituents is 1. The van der Waals surface area contributed by atoms with Crippen LogP contribution < -0.4 is 10.7 Å². The number of hydrogen-bond donors (Lipinski definition) is 2. The summed E-state index contributed by atoms with van der Waals surface area (Å²) in [5.74, 6) is -0.351. The molecule has 24 heavy (non-hydrogen) atoms. The molecule has 2 rings (SSSR count). The number of hydrazone groups is 1. The second-order valence-corrected chi connectivity index (χ2v) is 5.33. The van der Waals surface area contributed by atoms with Crippen molar-refractivity contribution in [2.24, 2.45) is 5.10 Å². The predicted octanol–water partition coefficient (Wildman–Crippen LogP) is 3.12. The molecule has 0 aliphatic heterocycles. The topological polar surface area (TPSA) is 96.6 Å². The number of benzene rings is 2. The van der Waals surface area contributed by atoms with Gasteiger partial charge in [-0.3, -0.25) is 14.9 Å². The van der Waals surface area contributed by atoms with Crippen LogP contribution in [0.1, 0.15) is 11.1 Å². The van der Waals surface area contributed by atoms with E-state index < -0.39 is 4.92 Å². The zero-order valence-electron chi connectivity index (χ0n) is 12.8. The van der Waals surface area contributed by atoms with E-state index in [-0.39, 0.29) is 18.1 Å². The first-order chi connectivity index (χ1) is 11.5. The third-order valence-corrected chi connectivity index (χ3v) is 3.51. The molecule has 0 saturated carbocycles. The molecule has 0 heterocycles. The van der Waals surface area contributed by atoms with Gasteiger partial charge in [0.25, 0.3) is 11.6 Å². The zero-order valence-corrected chi connectivity index (χ0v) is 13.6. The lowest BCUT2D eigenvalue weighted by Crippen LogP contribution is -2.26. The number of anilines is 1. The number of nitrogens with one attached hydrogen (secondary N) is 2. The van der Waals surface area contributed by atoms with Gasteiger partial charge >= 0.3 is 0 Å². The minimum atomic E-state index is -0.529. The van der Waals surface area contributed by atoms with Gasteiger partial charge < -0.3 is 5.32 Å². The van der Waals surface area contributed by atoms with E-state index in [4.69, 9.17) is 11.6 Å². The van der Waals surface area contributed by atoms with Crippen molar-refractivity contribution in [3.05, 3.63) is 68.7 Å². The van der Waals surface area contributed by atoms with E-state index in [0.29, 0.717) is 10.6 Å². The van der Waals surface area contributed by atoms with Gasteiger partial charge in [-0.2, -0.15) is 5.10 Å². The average Bonchev–Trinajstić information content (AvgIpc) is 2.55. The van der Waals surface area contributed by atoms with Crippen LogP contribution in [-0.2, 0) is 4.79 Å². The van der Waals surface area contributed by atoms with Crippen molar-refractivity contribution in [1.29, 1.82) is 0 Å². The van der Waals surface area contributed by atoms with Crippen molar-refractivity contribution in [3.8, 4) is 0 Å². The fraction of sp³-hybridized carbons (Fsp3) is 0.125. The lowest BCUT2D eigenvalue weighted by Gasteiger charge is -2.07. The number of non-ortho nitro benzene ring substituents is 1. The van der Waals surface area contributed by atoms with Gasteiger partial charge in [0.05, 0.1) is 17.7 Å². The third kappa shape index (κ3) is 4.79. The largest absolute Gasteiger partial charge is 0.376 e. The molecule has 7 nitrogen and oxygen atoms in total. The van der Waals surface area contributed by atoms with Gasteiger partial charge in [-0.15, -0.1) is 0 Å². The first-order valence-corrected chi connectivity index (χ1v) is 7.40. The molecule has 0 saturated heterocycles. The van der Waals surface area contributed by atoms with Gasteiger partial charge in [0.2, 0.25) is 0 Å². The van der Waals surface area contributed by atoms with Crippen LogP contribution in [0.3, 0.4) is 0 Å². The Morgan fingerprint density at radius 3 is 2.79 bits per heavy atom. The highest BCUT2D eigenvalue weighted by Crippen LogP contribution is 2.20. The third-order valence-electron chi connectivity index (χ3n) is 3.17. The van der Waals surface area contributed by atoms with Crippen LogP contribution >= 0.6 is 11.6 Å². The average molecular weight is 347 g/mol. The summed E-state index contributed by atoms with van der Waals surface area (Å²) in [7, 11) is 0. The molecule has 8 heteroatoms. The first kappa shape index (κ1) is 17.4. The first-order valence-electron chi connectivity index (χ1n) is 7.02. The molecular weight excluding hydrogens is 332 g/mol. The Morgan fingerprint density at radius 2 is 2.08 bits per heavy atom. The van der Waals surface area contributed by atoms with Crippen molar-refractivity contribution < 1.29 is 9.72 Å². The SMILES string of the molecule is Cc1ccccc1NCC(=O)NN=Cc1cc([N+](=O)[O-])ccc1Cl. The van der Waals surface area contributed by atoms with Crippen LogP contribution in [0.25, 0.3) is 0 Å². The normalized spacial score (nSPS) is 10.6. The molecule has 0 radical (unpaired) electrons. The van der Waals surface area contributed by atoms with Crippen molar-refractivity contribution in [2.45, 2.75) is 6.92 Å². The maximum atomic E-state index is 11.7. The van der Waals surface area contributed by atoms with Crippen LogP contribution in [0.2, 0.25) is 5.02 Å². The Balaban J connectivity index is 1.92. The smallest absolute Gasteiger partial charge is 0.270 e. The summed E-state index contributed by atoms with van der Waals surface area (Å²) < 4.78 is 0. The maximum absolute atomic E-state index is 11.7. The van der Waals surface area contributed by atoms with Gasteiger partial charge in [-0.25, -0.2) is 5.43 Å². The Hall–Kier alpha value is -2.93. The predicted molar refractivity (Wildman–Crippen MR) is 93.5 cm³/mol. The molecule has 2 aromatic rings. The summed E-state index contributed by atoms with van der Waals surface area (Å²) in [6.07, 6.45) is 1.26. The van der Waals surface area contributed by atoms with Gasteiger partial charge in [0.15, 0.2) is 0 Å². The number of carbonyl (C=O) groups excluding carboxylic acids is 1. The van der Waals surface area contributed by atoms with E-state index in [2.05, 4.69) is 15.8 Å². The number of nitrogens with zero attached hydrogens (tertiary/aromatic N) is 2. The van der Waals surface area contributed by atoms with Crippen LogP contribution in [-0.4, -0.2) is 23.6 Å². The Labute approximate surface area is 143 Å². The van der Waals surface area contributed by atoms with Crippen molar-refractivity contribution in [2.75, 3.05) is 11.9 Å². The molecule has 0 atom stereocenters. The number of amides is 1. The highest BCUT2D eigenvalue weighted by atomic mass is 35.5. The number of para-hydroxylation sites is 1.